The number of nitrogens with one attached hydrogen (secondary N) is 1. The van der Waals surface area contributed by atoms with E-state index in [0.717, 1.165) is 22.8 Å². The molecule has 0 aliphatic carbocycles. The zero-order valence-electron chi connectivity index (χ0n) is 24.1. The molecule has 226 valence electrons. The van der Waals surface area contributed by atoms with Crippen LogP contribution in [0.25, 0.3) is 10.9 Å². The lowest BCUT2D eigenvalue weighted by molar-refractivity contribution is -0.0936. The Morgan fingerprint density at radius 2 is 1.45 bits per heavy atom. The van der Waals surface area contributed by atoms with Gasteiger partial charge in [0.15, 0.2) is 0 Å². The molecule has 0 unspecified atom stereocenters. The molecule has 2 heterocycles. The Kier molecular flexibility index (Phi) is 8.05. The zero-order chi connectivity index (χ0) is 30.8. The number of halogens is 1. The summed E-state index contributed by atoms with van der Waals surface area (Å²) in [7, 11) is 3.19. The quantitative estimate of drug-likeness (QED) is 0.240. The summed E-state index contributed by atoms with van der Waals surface area (Å²) in [6.07, 6.45) is -2.83. The Balaban J connectivity index is 1.40. The van der Waals surface area contributed by atoms with E-state index in [2.05, 4.69) is 4.98 Å². The predicted molar refractivity (Wildman–Crippen MR) is 162 cm³/mol. The number of hydrogen-bond acceptors (Lipinski definition) is 7. The molecule has 1 aromatic heterocycles. The maximum Gasteiger partial charge on any atom is 0.330 e. The zero-order valence-corrected chi connectivity index (χ0v) is 24.1. The molecule has 5 aromatic rings. The van der Waals surface area contributed by atoms with Crippen molar-refractivity contribution in [1.29, 1.82) is 0 Å². The molecule has 10 heteroatoms. The second-order valence-corrected chi connectivity index (χ2v) is 10.5. The number of aromatic amines is 1. The normalized spacial score (nSPS) is 18.4. The van der Waals surface area contributed by atoms with Crippen molar-refractivity contribution < 1.29 is 28.4 Å². The van der Waals surface area contributed by atoms with Crippen LogP contribution in [0.4, 0.5) is 4.39 Å². The number of ether oxygens (including phenoxy) is 4. The van der Waals surface area contributed by atoms with Gasteiger partial charge in [0.2, 0.25) is 0 Å². The van der Waals surface area contributed by atoms with Crippen molar-refractivity contribution in [1.82, 2.24) is 9.55 Å². The van der Waals surface area contributed by atoms with Gasteiger partial charge in [-0.3, -0.25) is 14.3 Å². The standard InChI is InChI=1S/C34H31FN2O7/c1-41-24-15-11-22(12-16-24)34(21-7-4-3-5-8-21,23-13-17-25(42-2)18-14-23)43-20-29-28(38)19-30(44-29)37-27-10-6-9-26(35)31(27)32(39)36-33(37)40/h3-18,28-30,38H,19-20H2,1-2H3,(H,36,39,40)/t28-,29+,30+/m0/s1. The first-order valence-electron chi connectivity index (χ1n) is 14.1. The van der Waals surface area contributed by atoms with Crippen LogP contribution >= 0.6 is 0 Å². The fraction of sp³-hybridized carbons (Fsp3) is 0.235. The number of hydrogen-bond donors (Lipinski definition) is 2. The smallest absolute Gasteiger partial charge is 0.330 e. The van der Waals surface area contributed by atoms with E-state index >= 15 is 0 Å². The second-order valence-electron chi connectivity index (χ2n) is 10.5. The summed E-state index contributed by atoms with van der Waals surface area (Å²) in [6, 6.07) is 28.8. The summed E-state index contributed by atoms with van der Waals surface area (Å²) in [5.41, 5.74) is -0.225. The van der Waals surface area contributed by atoms with Crippen molar-refractivity contribution in [2.24, 2.45) is 0 Å². The third-order valence-corrected chi connectivity index (χ3v) is 8.05. The molecule has 9 nitrogen and oxygen atoms in total. The molecule has 0 amide bonds. The van der Waals surface area contributed by atoms with E-state index < -0.39 is 41.1 Å². The Morgan fingerprint density at radius 1 is 0.864 bits per heavy atom. The van der Waals surface area contributed by atoms with Crippen molar-refractivity contribution in [3.63, 3.8) is 0 Å². The highest BCUT2D eigenvalue weighted by Crippen LogP contribution is 2.42. The van der Waals surface area contributed by atoms with Gasteiger partial charge in [-0.05, 0) is 53.1 Å². The minimum absolute atomic E-state index is 0.0228. The fourth-order valence-electron chi connectivity index (χ4n) is 5.86. The SMILES string of the molecule is COc1ccc(C(OC[C@H]2O[C@@H](n3c(=O)[nH]c(=O)c4c(F)cccc43)C[C@@H]2O)(c2ccccc2)c2ccc(OC)cc2)cc1. The topological polar surface area (TPSA) is 112 Å². The van der Waals surface area contributed by atoms with Gasteiger partial charge in [-0.1, -0.05) is 60.7 Å². The summed E-state index contributed by atoms with van der Waals surface area (Å²) in [5, 5.41) is 10.9. The van der Waals surface area contributed by atoms with Crippen molar-refractivity contribution in [3.05, 3.63) is 140 Å². The number of aromatic nitrogens is 2. The Hall–Kier alpha value is -4.77. The van der Waals surface area contributed by atoms with Gasteiger partial charge in [0, 0.05) is 6.42 Å². The van der Waals surface area contributed by atoms with Crippen molar-refractivity contribution in [2.75, 3.05) is 20.8 Å². The van der Waals surface area contributed by atoms with Crippen LogP contribution in [-0.4, -0.2) is 47.7 Å². The summed E-state index contributed by atoms with van der Waals surface area (Å²) >= 11 is 0. The van der Waals surface area contributed by atoms with Crippen LogP contribution in [0.1, 0.15) is 29.3 Å². The van der Waals surface area contributed by atoms with E-state index in [1.807, 2.05) is 78.9 Å². The molecule has 1 saturated heterocycles. The average Bonchev–Trinajstić information content (AvgIpc) is 3.41. The van der Waals surface area contributed by atoms with Crippen LogP contribution < -0.4 is 20.7 Å². The van der Waals surface area contributed by atoms with Crippen LogP contribution in [0.3, 0.4) is 0 Å². The molecule has 4 aromatic carbocycles. The van der Waals surface area contributed by atoms with Gasteiger partial charge in [0.25, 0.3) is 5.56 Å². The molecular formula is C34H31FN2O7. The summed E-state index contributed by atoms with van der Waals surface area (Å²) in [4.78, 5) is 27.5. The summed E-state index contributed by atoms with van der Waals surface area (Å²) < 4.78 is 39.6. The third kappa shape index (κ3) is 5.17. The highest BCUT2D eigenvalue weighted by molar-refractivity contribution is 5.78. The van der Waals surface area contributed by atoms with E-state index in [4.69, 9.17) is 18.9 Å². The number of rotatable bonds is 9. The maximum absolute atomic E-state index is 14.6. The number of H-pyrrole nitrogens is 1. The van der Waals surface area contributed by atoms with Gasteiger partial charge in [0.05, 0.1) is 37.8 Å². The van der Waals surface area contributed by atoms with Crippen molar-refractivity contribution in [3.8, 4) is 11.5 Å². The van der Waals surface area contributed by atoms with Crippen LogP contribution in [0.15, 0.2) is 107 Å². The lowest BCUT2D eigenvalue weighted by Crippen LogP contribution is -2.38. The van der Waals surface area contributed by atoms with Crippen molar-refractivity contribution >= 4 is 10.9 Å². The number of aliphatic hydroxyl groups is 1. The molecule has 1 aliphatic heterocycles. The number of nitrogens with zero attached hydrogens (tertiary/aromatic N) is 1. The molecule has 3 atom stereocenters. The summed E-state index contributed by atoms with van der Waals surface area (Å²) in [6.45, 7) is -0.0744. The van der Waals surface area contributed by atoms with Crippen molar-refractivity contribution in [2.45, 2.75) is 30.5 Å². The lowest BCUT2D eigenvalue weighted by Gasteiger charge is -2.37. The second kappa shape index (κ2) is 12.1. The Bertz CT molecular complexity index is 1820. The highest BCUT2D eigenvalue weighted by atomic mass is 19.1. The molecule has 2 N–H and O–H groups in total. The lowest BCUT2D eigenvalue weighted by atomic mass is 9.80. The van der Waals surface area contributed by atoms with Gasteiger partial charge >= 0.3 is 5.69 Å². The number of aliphatic hydroxyl groups excluding tert-OH is 1. The van der Waals surface area contributed by atoms with Gasteiger partial charge in [-0.2, -0.15) is 0 Å². The molecule has 0 bridgehead atoms. The Morgan fingerprint density at radius 3 is 2.05 bits per heavy atom. The van der Waals surface area contributed by atoms with Crippen LogP contribution in [-0.2, 0) is 15.1 Å². The first-order chi connectivity index (χ1) is 21.3. The number of benzene rings is 4. The van der Waals surface area contributed by atoms with E-state index in [9.17, 15) is 19.1 Å². The van der Waals surface area contributed by atoms with Crippen LogP contribution in [0.2, 0.25) is 0 Å². The van der Waals surface area contributed by atoms with E-state index in [0.29, 0.717) is 11.5 Å². The Labute approximate surface area is 252 Å². The monoisotopic (exact) mass is 598 g/mol. The van der Waals surface area contributed by atoms with Crippen LogP contribution in [0.5, 0.6) is 11.5 Å². The molecule has 0 spiro atoms. The predicted octanol–water partition coefficient (Wildman–Crippen LogP) is 4.50. The summed E-state index contributed by atoms with van der Waals surface area (Å²) in [5.74, 6) is 0.596. The molecule has 6 rings (SSSR count). The fourth-order valence-corrected chi connectivity index (χ4v) is 5.86. The highest BCUT2D eigenvalue weighted by Gasteiger charge is 2.42. The molecule has 0 radical (unpaired) electrons. The largest absolute Gasteiger partial charge is 0.497 e. The number of fused-ring (bicyclic) bond motifs is 1. The van der Waals surface area contributed by atoms with Gasteiger partial charge in [-0.15, -0.1) is 0 Å². The minimum atomic E-state index is -1.15. The van der Waals surface area contributed by atoms with E-state index in [-0.39, 0.29) is 23.9 Å². The van der Waals surface area contributed by atoms with Gasteiger partial charge in [-0.25, -0.2) is 9.18 Å². The first-order valence-corrected chi connectivity index (χ1v) is 14.1. The number of methoxy groups -OCH3 is 2. The average molecular weight is 599 g/mol. The van der Waals surface area contributed by atoms with Gasteiger partial charge in [0.1, 0.15) is 35.2 Å². The molecule has 1 fully saturated rings. The third-order valence-electron chi connectivity index (χ3n) is 8.05. The molecular weight excluding hydrogens is 567 g/mol. The van der Waals surface area contributed by atoms with E-state index in [1.54, 1.807) is 14.2 Å². The van der Waals surface area contributed by atoms with Crippen LogP contribution in [0, 0.1) is 5.82 Å². The van der Waals surface area contributed by atoms with Gasteiger partial charge < -0.3 is 24.1 Å². The molecule has 1 aliphatic rings. The maximum atomic E-state index is 14.6. The molecule has 44 heavy (non-hydrogen) atoms. The molecule has 0 saturated carbocycles. The first kappa shape index (κ1) is 29.3. The van der Waals surface area contributed by atoms with E-state index in [1.165, 1.54) is 16.7 Å². The minimum Gasteiger partial charge on any atom is -0.497 e.